The summed E-state index contributed by atoms with van der Waals surface area (Å²) in [5.74, 6) is -0.289. The number of likely N-dealkylation sites (tertiary alicyclic amines) is 1. The van der Waals surface area contributed by atoms with E-state index in [2.05, 4.69) is 0 Å². The molecular formula is C26H37N3O5. The molecule has 2 aliphatic heterocycles. The molecule has 0 bridgehead atoms. The number of carbonyl (C=O) groups excluding carboxylic acids is 3. The number of amides is 3. The smallest absolute Gasteiger partial charge is 0.410 e. The van der Waals surface area contributed by atoms with E-state index in [-0.39, 0.29) is 24.5 Å². The number of fused-ring (bicyclic) bond motifs is 1. The second-order valence-electron chi connectivity index (χ2n) is 11.4. The maximum absolute atomic E-state index is 13.3. The number of ether oxygens (including phenoxy) is 1. The van der Waals surface area contributed by atoms with Crippen LogP contribution in [0, 0.1) is 5.41 Å². The van der Waals surface area contributed by atoms with Crippen molar-refractivity contribution in [3.05, 3.63) is 34.9 Å². The summed E-state index contributed by atoms with van der Waals surface area (Å²) in [6.45, 7) is 6.86. The molecule has 8 heteroatoms. The predicted octanol–water partition coefficient (Wildman–Crippen LogP) is 3.28. The van der Waals surface area contributed by atoms with Crippen molar-refractivity contribution in [1.29, 1.82) is 0 Å². The Bertz CT molecular complexity index is 993. The monoisotopic (exact) mass is 471 g/mol. The maximum atomic E-state index is 13.3. The van der Waals surface area contributed by atoms with Crippen LogP contribution in [0.15, 0.2) is 18.2 Å². The lowest BCUT2D eigenvalue weighted by atomic mass is 9.65. The van der Waals surface area contributed by atoms with E-state index in [1.165, 1.54) is 4.90 Å². The molecule has 1 aromatic rings. The molecule has 8 nitrogen and oxygen atoms in total. The van der Waals surface area contributed by atoms with Crippen LogP contribution >= 0.6 is 0 Å². The minimum atomic E-state index is -1.11. The predicted molar refractivity (Wildman–Crippen MR) is 127 cm³/mol. The maximum Gasteiger partial charge on any atom is 0.410 e. The highest BCUT2D eigenvalue weighted by atomic mass is 16.6. The second-order valence-corrected chi connectivity index (χ2v) is 11.4. The fourth-order valence-electron chi connectivity index (χ4n) is 5.86. The lowest BCUT2D eigenvalue weighted by Crippen LogP contribution is -2.64. The van der Waals surface area contributed by atoms with Crippen LogP contribution in [0.2, 0.25) is 0 Å². The first kappa shape index (κ1) is 24.5. The van der Waals surface area contributed by atoms with Gasteiger partial charge in [-0.15, -0.1) is 0 Å². The molecule has 1 unspecified atom stereocenters. The first-order chi connectivity index (χ1) is 15.9. The summed E-state index contributed by atoms with van der Waals surface area (Å²) in [5.41, 5.74) is -0.376. The largest absolute Gasteiger partial charge is 0.444 e. The van der Waals surface area contributed by atoms with E-state index in [9.17, 15) is 19.5 Å². The van der Waals surface area contributed by atoms with Gasteiger partial charge in [0.2, 0.25) is 0 Å². The van der Waals surface area contributed by atoms with Gasteiger partial charge < -0.3 is 24.5 Å². The molecule has 1 saturated heterocycles. The number of β-amino-alcohol motifs (C(OH)–C–C–N with tert-alkyl or cyclic N) is 1. The summed E-state index contributed by atoms with van der Waals surface area (Å²) in [5, 5.41) is 12.0. The molecule has 2 fully saturated rings. The lowest BCUT2D eigenvalue weighted by Gasteiger charge is -2.53. The van der Waals surface area contributed by atoms with Crippen molar-refractivity contribution in [3.8, 4) is 0 Å². The van der Waals surface area contributed by atoms with E-state index < -0.39 is 16.6 Å². The molecule has 0 radical (unpaired) electrons. The van der Waals surface area contributed by atoms with Crippen LogP contribution in [-0.4, -0.2) is 82.6 Å². The summed E-state index contributed by atoms with van der Waals surface area (Å²) in [6, 6.07) is 5.25. The molecule has 1 atom stereocenters. The molecule has 1 aromatic carbocycles. The molecule has 1 saturated carbocycles. The van der Waals surface area contributed by atoms with E-state index in [1.54, 1.807) is 42.1 Å². The molecule has 1 aliphatic carbocycles. The molecule has 2 heterocycles. The van der Waals surface area contributed by atoms with Crippen molar-refractivity contribution in [1.82, 2.24) is 14.7 Å². The van der Waals surface area contributed by atoms with Crippen molar-refractivity contribution in [2.24, 2.45) is 5.41 Å². The third kappa shape index (κ3) is 4.28. The van der Waals surface area contributed by atoms with Crippen LogP contribution in [0.1, 0.15) is 79.2 Å². The van der Waals surface area contributed by atoms with Gasteiger partial charge in [-0.2, -0.15) is 0 Å². The molecule has 34 heavy (non-hydrogen) atoms. The van der Waals surface area contributed by atoms with E-state index in [4.69, 9.17) is 4.74 Å². The standard InChI is InChI=1S/C26H37N3O5/c1-24(2,3)34-23(32)28-14-13-26(33,25(16-28)11-6-7-12-25)17-29-15-20-18(21(30)27(4)5)9-8-10-19(20)22(29)31/h8-10,33H,6-7,11-17H2,1-5H3. The van der Waals surface area contributed by atoms with Crippen LogP contribution in [0.25, 0.3) is 0 Å². The van der Waals surface area contributed by atoms with Gasteiger partial charge in [0.15, 0.2) is 0 Å². The minimum Gasteiger partial charge on any atom is -0.444 e. The number of aliphatic hydroxyl groups is 1. The summed E-state index contributed by atoms with van der Waals surface area (Å²) < 4.78 is 5.60. The van der Waals surface area contributed by atoms with Crippen molar-refractivity contribution in [2.45, 2.75) is 70.6 Å². The summed E-state index contributed by atoms with van der Waals surface area (Å²) in [6.07, 6.45) is 3.62. The fraction of sp³-hybridized carbons (Fsp3) is 0.654. The van der Waals surface area contributed by atoms with E-state index in [0.717, 1.165) is 31.2 Å². The fourth-order valence-corrected chi connectivity index (χ4v) is 5.86. The second kappa shape index (κ2) is 8.56. The van der Waals surface area contributed by atoms with Crippen LogP contribution in [0.4, 0.5) is 4.79 Å². The molecular weight excluding hydrogens is 434 g/mol. The van der Waals surface area contributed by atoms with Crippen molar-refractivity contribution in [2.75, 3.05) is 33.7 Å². The van der Waals surface area contributed by atoms with Crippen LogP contribution in [0.3, 0.4) is 0 Å². The summed E-state index contributed by atoms with van der Waals surface area (Å²) in [7, 11) is 3.39. The Labute approximate surface area is 201 Å². The van der Waals surface area contributed by atoms with Gasteiger partial charge in [-0.3, -0.25) is 9.59 Å². The first-order valence-corrected chi connectivity index (χ1v) is 12.2. The average molecular weight is 472 g/mol. The van der Waals surface area contributed by atoms with Gasteiger partial charge in [0.25, 0.3) is 11.8 Å². The van der Waals surface area contributed by atoms with Crippen LogP contribution < -0.4 is 0 Å². The SMILES string of the molecule is CN(C)C(=O)c1cccc2c1CN(CC1(O)CCN(C(=O)OC(C)(C)C)CC13CCCC3)C2=O. The Balaban J connectivity index is 1.56. The first-order valence-electron chi connectivity index (χ1n) is 12.2. The topological polar surface area (TPSA) is 90.4 Å². The number of nitrogens with zero attached hydrogens (tertiary/aromatic N) is 3. The van der Waals surface area contributed by atoms with E-state index in [1.807, 2.05) is 20.8 Å². The molecule has 3 aliphatic rings. The zero-order valence-corrected chi connectivity index (χ0v) is 21.0. The van der Waals surface area contributed by atoms with Gasteiger partial charge in [0.05, 0.1) is 12.1 Å². The highest BCUT2D eigenvalue weighted by molar-refractivity contribution is 6.04. The molecule has 1 spiro atoms. The molecule has 186 valence electrons. The number of piperidine rings is 1. The van der Waals surface area contributed by atoms with Gasteiger partial charge in [0.1, 0.15) is 5.60 Å². The van der Waals surface area contributed by atoms with Gasteiger partial charge in [0, 0.05) is 50.3 Å². The normalized spacial score (nSPS) is 23.9. The lowest BCUT2D eigenvalue weighted by molar-refractivity contribution is -0.140. The van der Waals surface area contributed by atoms with Crippen molar-refractivity contribution in [3.63, 3.8) is 0 Å². The Morgan fingerprint density at radius 2 is 1.82 bits per heavy atom. The highest BCUT2D eigenvalue weighted by Gasteiger charge is 2.57. The molecule has 3 amide bonds. The molecule has 1 N–H and O–H groups in total. The zero-order valence-electron chi connectivity index (χ0n) is 21.0. The van der Waals surface area contributed by atoms with E-state index in [0.29, 0.717) is 37.2 Å². The minimum absolute atomic E-state index is 0.136. The van der Waals surface area contributed by atoms with Gasteiger partial charge in [-0.1, -0.05) is 18.9 Å². The molecule has 0 aromatic heterocycles. The summed E-state index contributed by atoms with van der Waals surface area (Å²) in [4.78, 5) is 43.7. The number of carbonyl (C=O) groups is 3. The number of benzene rings is 1. The number of hydrogen-bond acceptors (Lipinski definition) is 5. The Morgan fingerprint density at radius 1 is 1.15 bits per heavy atom. The third-order valence-electron chi connectivity index (χ3n) is 7.62. The number of hydrogen-bond donors (Lipinski definition) is 1. The molecule has 4 rings (SSSR count). The Morgan fingerprint density at radius 3 is 2.44 bits per heavy atom. The highest BCUT2D eigenvalue weighted by Crippen LogP contribution is 2.52. The number of rotatable bonds is 3. The van der Waals surface area contributed by atoms with Crippen molar-refractivity contribution < 1.29 is 24.2 Å². The average Bonchev–Trinajstić information content (AvgIpc) is 3.34. The van der Waals surface area contributed by atoms with Crippen molar-refractivity contribution >= 4 is 17.9 Å². The van der Waals surface area contributed by atoms with Gasteiger partial charge in [-0.25, -0.2) is 4.79 Å². The summed E-state index contributed by atoms with van der Waals surface area (Å²) >= 11 is 0. The van der Waals surface area contributed by atoms with Crippen LogP contribution in [0.5, 0.6) is 0 Å². The Hall–Kier alpha value is -2.61. The van der Waals surface area contributed by atoms with Gasteiger partial charge >= 0.3 is 6.09 Å². The quantitative estimate of drug-likeness (QED) is 0.731. The Kier molecular flexibility index (Phi) is 6.17. The van der Waals surface area contributed by atoms with Crippen LogP contribution in [-0.2, 0) is 11.3 Å². The van der Waals surface area contributed by atoms with Gasteiger partial charge in [-0.05, 0) is 57.7 Å². The van der Waals surface area contributed by atoms with E-state index >= 15 is 0 Å². The third-order valence-corrected chi connectivity index (χ3v) is 7.62. The zero-order chi connectivity index (χ0) is 24.9.